The van der Waals surface area contributed by atoms with E-state index in [0.717, 1.165) is 22.3 Å². The van der Waals surface area contributed by atoms with Gasteiger partial charge in [0.1, 0.15) is 5.82 Å². The van der Waals surface area contributed by atoms with E-state index in [4.69, 9.17) is 0 Å². The highest BCUT2D eigenvalue weighted by Crippen LogP contribution is 2.32. The second kappa shape index (κ2) is 6.22. The van der Waals surface area contributed by atoms with E-state index in [0.29, 0.717) is 0 Å². The average molecular weight is 311 g/mol. The Labute approximate surface area is 130 Å². The number of benzene rings is 3. The molecule has 0 bridgehead atoms. The summed E-state index contributed by atoms with van der Waals surface area (Å²) in [5.41, 5.74) is 3.76. The van der Waals surface area contributed by atoms with Gasteiger partial charge in [0.15, 0.2) is 0 Å². The number of hydrogen-bond donors (Lipinski definition) is 0. The molecule has 4 heteroatoms. The van der Waals surface area contributed by atoms with Crippen molar-refractivity contribution >= 4 is 11.1 Å². The van der Waals surface area contributed by atoms with E-state index in [1.807, 2.05) is 24.3 Å². The largest absolute Gasteiger partial charge is 0.768 e. The molecule has 2 nitrogen and oxygen atoms in total. The molecule has 0 N–H and O–H groups in total. The molecule has 3 aromatic rings. The lowest BCUT2D eigenvalue weighted by atomic mass is 9.95. The third-order valence-electron chi connectivity index (χ3n) is 3.44. The maximum atomic E-state index is 13.1. The number of rotatable bonds is 3. The van der Waals surface area contributed by atoms with Gasteiger partial charge in [0.05, 0.1) is 0 Å². The van der Waals surface area contributed by atoms with Gasteiger partial charge in [0.2, 0.25) is 0 Å². The van der Waals surface area contributed by atoms with Crippen LogP contribution in [0.1, 0.15) is 0 Å². The molecular weight excluding hydrogens is 299 g/mol. The lowest BCUT2D eigenvalue weighted by Gasteiger charge is -2.11. The standard InChI is InChI=1S/C18H13FO2S/c19-15-9-5-13(6-10-15)17-3-1-2-4-18(17)14-7-11-16(12-8-14)22(20)21/h1-12H,(H,20,21)/p-1. The van der Waals surface area contributed by atoms with E-state index >= 15 is 0 Å². The molecule has 0 fully saturated rings. The summed E-state index contributed by atoms with van der Waals surface area (Å²) in [6.07, 6.45) is 0. The Balaban J connectivity index is 2.08. The van der Waals surface area contributed by atoms with Crippen LogP contribution in [0.5, 0.6) is 0 Å². The zero-order valence-electron chi connectivity index (χ0n) is 11.5. The Bertz CT molecular complexity index is 811. The maximum absolute atomic E-state index is 13.1. The first kappa shape index (κ1) is 14.6. The predicted molar refractivity (Wildman–Crippen MR) is 84.5 cm³/mol. The summed E-state index contributed by atoms with van der Waals surface area (Å²) in [5, 5.41) is 0. The molecule has 0 radical (unpaired) electrons. The van der Waals surface area contributed by atoms with Crippen molar-refractivity contribution in [2.75, 3.05) is 0 Å². The summed E-state index contributed by atoms with van der Waals surface area (Å²) >= 11 is -2.23. The third kappa shape index (κ3) is 2.98. The molecule has 0 spiro atoms. The van der Waals surface area contributed by atoms with Gasteiger partial charge >= 0.3 is 0 Å². The van der Waals surface area contributed by atoms with Crippen LogP contribution in [0, 0.1) is 5.82 Å². The molecule has 22 heavy (non-hydrogen) atoms. The quantitative estimate of drug-likeness (QED) is 0.673. The van der Waals surface area contributed by atoms with Gasteiger partial charge < -0.3 is 4.55 Å². The van der Waals surface area contributed by atoms with Crippen LogP contribution in [0.25, 0.3) is 22.3 Å². The number of hydrogen-bond acceptors (Lipinski definition) is 2. The highest BCUT2D eigenvalue weighted by atomic mass is 32.2. The molecule has 0 heterocycles. The monoisotopic (exact) mass is 311 g/mol. The van der Waals surface area contributed by atoms with Crippen LogP contribution < -0.4 is 0 Å². The van der Waals surface area contributed by atoms with Crippen molar-refractivity contribution in [2.24, 2.45) is 0 Å². The molecule has 0 amide bonds. The van der Waals surface area contributed by atoms with Crippen LogP contribution >= 0.6 is 0 Å². The minimum atomic E-state index is -2.23. The van der Waals surface area contributed by atoms with Crippen molar-refractivity contribution in [2.45, 2.75) is 4.90 Å². The van der Waals surface area contributed by atoms with E-state index in [1.165, 1.54) is 12.1 Å². The molecule has 0 aromatic heterocycles. The van der Waals surface area contributed by atoms with E-state index in [9.17, 15) is 13.2 Å². The fraction of sp³-hybridized carbons (Fsp3) is 0. The van der Waals surface area contributed by atoms with Crippen LogP contribution in [0.15, 0.2) is 77.7 Å². The van der Waals surface area contributed by atoms with Gasteiger partial charge in [0.25, 0.3) is 0 Å². The molecule has 0 aliphatic carbocycles. The molecule has 3 rings (SSSR count). The molecule has 0 saturated heterocycles. The zero-order valence-corrected chi connectivity index (χ0v) is 12.3. The smallest absolute Gasteiger partial charge is 0.123 e. The van der Waals surface area contributed by atoms with Gasteiger partial charge in [-0.2, -0.15) is 0 Å². The van der Waals surface area contributed by atoms with Gasteiger partial charge in [0, 0.05) is 4.90 Å². The summed E-state index contributed by atoms with van der Waals surface area (Å²) in [5.74, 6) is -0.275. The predicted octanol–water partition coefficient (Wildman–Crippen LogP) is 4.40. The highest BCUT2D eigenvalue weighted by molar-refractivity contribution is 7.79. The Morgan fingerprint density at radius 2 is 1.18 bits per heavy atom. The maximum Gasteiger partial charge on any atom is 0.123 e. The molecule has 3 aromatic carbocycles. The number of halogens is 1. The molecule has 0 aliphatic heterocycles. The fourth-order valence-corrected chi connectivity index (χ4v) is 2.72. The summed E-state index contributed by atoms with van der Waals surface area (Å²) in [6, 6.07) is 20.8. The molecule has 1 atom stereocenters. The van der Waals surface area contributed by atoms with E-state index in [1.54, 1.807) is 36.4 Å². The van der Waals surface area contributed by atoms with E-state index in [2.05, 4.69) is 0 Å². The Morgan fingerprint density at radius 3 is 1.64 bits per heavy atom. The van der Waals surface area contributed by atoms with Gasteiger partial charge in [-0.15, -0.1) is 0 Å². The minimum Gasteiger partial charge on any atom is -0.768 e. The Hall–Kier alpha value is -2.30. The Kier molecular flexibility index (Phi) is 4.13. The SMILES string of the molecule is O=S([O-])c1ccc(-c2ccccc2-c2ccc(F)cc2)cc1. The molecular formula is C18H12FO2S-. The summed E-state index contributed by atoms with van der Waals surface area (Å²) in [6.45, 7) is 0. The van der Waals surface area contributed by atoms with Crippen molar-refractivity contribution in [3.05, 3.63) is 78.6 Å². The van der Waals surface area contributed by atoms with Gasteiger partial charge in [-0.3, -0.25) is 4.21 Å². The summed E-state index contributed by atoms with van der Waals surface area (Å²) in [4.78, 5) is 0.253. The van der Waals surface area contributed by atoms with Crippen molar-refractivity contribution < 1.29 is 13.2 Å². The van der Waals surface area contributed by atoms with Crippen molar-refractivity contribution in [1.82, 2.24) is 0 Å². The first-order valence-electron chi connectivity index (χ1n) is 6.70. The molecule has 0 aliphatic rings. The molecule has 110 valence electrons. The van der Waals surface area contributed by atoms with Crippen LogP contribution in [-0.2, 0) is 11.1 Å². The van der Waals surface area contributed by atoms with Crippen LogP contribution in [0.4, 0.5) is 4.39 Å². The van der Waals surface area contributed by atoms with E-state index < -0.39 is 11.1 Å². The van der Waals surface area contributed by atoms with Crippen molar-refractivity contribution in [1.29, 1.82) is 0 Å². The zero-order chi connectivity index (χ0) is 15.5. The van der Waals surface area contributed by atoms with Crippen molar-refractivity contribution in [3.63, 3.8) is 0 Å². The van der Waals surface area contributed by atoms with Gasteiger partial charge in [-0.1, -0.05) is 48.5 Å². The second-order valence-electron chi connectivity index (χ2n) is 4.81. The second-order valence-corrected chi connectivity index (χ2v) is 5.75. The van der Waals surface area contributed by atoms with Crippen molar-refractivity contribution in [3.8, 4) is 22.3 Å². The van der Waals surface area contributed by atoms with Crippen LogP contribution in [0.2, 0.25) is 0 Å². The topological polar surface area (TPSA) is 40.1 Å². The van der Waals surface area contributed by atoms with E-state index in [-0.39, 0.29) is 10.7 Å². The van der Waals surface area contributed by atoms with Crippen LogP contribution in [0.3, 0.4) is 0 Å². The minimum absolute atomic E-state index is 0.253. The third-order valence-corrected chi connectivity index (χ3v) is 4.10. The first-order valence-corrected chi connectivity index (χ1v) is 7.77. The lowest BCUT2D eigenvalue weighted by molar-refractivity contribution is 0.537. The average Bonchev–Trinajstić information content (AvgIpc) is 2.56. The molecule has 1 unspecified atom stereocenters. The fourth-order valence-electron chi connectivity index (χ4n) is 2.36. The Morgan fingerprint density at radius 1 is 0.727 bits per heavy atom. The normalized spacial score (nSPS) is 12.1. The first-order chi connectivity index (χ1) is 10.6. The summed E-state index contributed by atoms with van der Waals surface area (Å²) in [7, 11) is 0. The van der Waals surface area contributed by atoms with Crippen LogP contribution in [-0.4, -0.2) is 8.76 Å². The molecule has 0 saturated carbocycles. The van der Waals surface area contributed by atoms with Gasteiger partial charge in [-0.05, 0) is 57.6 Å². The highest BCUT2D eigenvalue weighted by Gasteiger charge is 2.07. The van der Waals surface area contributed by atoms with Gasteiger partial charge in [-0.25, -0.2) is 4.39 Å². The lowest BCUT2D eigenvalue weighted by Crippen LogP contribution is -1.89. The summed E-state index contributed by atoms with van der Waals surface area (Å²) < 4.78 is 35.0.